The summed E-state index contributed by atoms with van der Waals surface area (Å²) in [6, 6.07) is 0. The first-order valence-electron chi connectivity index (χ1n) is 7.04. The van der Waals surface area contributed by atoms with Crippen LogP contribution >= 0.6 is 0 Å². The standard InChI is InChI=1S/C15H22O3/c1-8-5-4-6-11-12(16)13-10(7-15(8,11)3)9(2)14(17)18-13/h8,11-13,16H,4-7H2,1-3H3. The molecule has 3 aliphatic rings. The lowest BCUT2D eigenvalue weighted by molar-refractivity contribution is -0.154. The predicted octanol–water partition coefficient (Wildman–Crippen LogP) is 2.44. The molecule has 18 heavy (non-hydrogen) atoms. The Kier molecular flexibility index (Phi) is 2.60. The van der Waals surface area contributed by atoms with Crippen LogP contribution in [-0.4, -0.2) is 23.3 Å². The second kappa shape index (κ2) is 3.83. The summed E-state index contributed by atoms with van der Waals surface area (Å²) in [6.07, 6.45) is 3.51. The smallest absolute Gasteiger partial charge is 0.334 e. The van der Waals surface area contributed by atoms with Gasteiger partial charge < -0.3 is 9.84 Å². The molecule has 2 saturated carbocycles. The number of aliphatic hydroxyl groups excluding tert-OH is 1. The summed E-state index contributed by atoms with van der Waals surface area (Å²) in [5.74, 6) is 0.639. The van der Waals surface area contributed by atoms with E-state index in [0.29, 0.717) is 5.92 Å². The minimum absolute atomic E-state index is 0.124. The molecule has 1 heterocycles. The summed E-state index contributed by atoms with van der Waals surface area (Å²) in [7, 11) is 0. The lowest BCUT2D eigenvalue weighted by Gasteiger charge is -2.53. The second-order valence-electron chi connectivity index (χ2n) is 6.59. The first-order valence-corrected chi connectivity index (χ1v) is 7.04. The van der Waals surface area contributed by atoms with Crippen molar-refractivity contribution in [2.75, 3.05) is 0 Å². The van der Waals surface area contributed by atoms with Crippen molar-refractivity contribution < 1.29 is 14.6 Å². The summed E-state index contributed by atoms with van der Waals surface area (Å²) in [5, 5.41) is 10.6. The fourth-order valence-electron chi connectivity index (χ4n) is 4.28. The number of carbonyl (C=O) groups excluding carboxylic acids is 1. The molecular formula is C15H22O3. The van der Waals surface area contributed by atoms with Gasteiger partial charge >= 0.3 is 5.97 Å². The maximum Gasteiger partial charge on any atom is 0.334 e. The van der Waals surface area contributed by atoms with Gasteiger partial charge in [-0.2, -0.15) is 0 Å². The van der Waals surface area contributed by atoms with Crippen LogP contribution in [0, 0.1) is 17.3 Å². The Hall–Kier alpha value is -0.830. The number of hydrogen-bond acceptors (Lipinski definition) is 3. The molecule has 3 rings (SSSR count). The van der Waals surface area contributed by atoms with Crippen LogP contribution in [-0.2, 0) is 9.53 Å². The summed E-state index contributed by atoms with van der Waals surface area (Å²) in [6.45, 7) is 6.40. The van der Waals surface area contributed by atoms with E-state index in [4.69, 9.17) is 4.74 Å². The van der Waals surface area contributed by atoms with Gasteiger partial charge in [0.1, 0.15) is 0 Å². The van der Waals surface area contributed by atoms with Crippen molar-refractivity contribution >= 4 is 5.97 Å². The normalized spacial score (nSPS) is 47.7. The van der Waals surface area contributed by atoms with Crippen LogP contribution in [0.1, 0.15) is 46.5 Å². The summed E-state index contributed by atoms with van der Waals surface area (Å²) < 4.78 is 5.36. The van der Waals surface area contributed by atoms with Crippen molar-refractivity contribution in [1.82, 2.24) is 0 Å². The number of fused-ring (bicyclic) bond motifs is 2. The molecule has 1 N–H and O–H groups in total. The zero-order chi connectivity index (χ0) is 13.1. The van der Waals surface area contributed by atoms with E-state index in [9.17, 15) is 9.90 Å². The van der Waals surface area contributed by atoms with Crippen LogP contribution in [0.2, 0.25) is 0 Å². The molecule has 0 aromatic carbocycles. The first kappa shape index (κ1) is 12.2. The molecule has 0 aromatic heterocycles. The summed E-state index contributed by atoms with van der Waals surface area (Å²) >= 11 is 0. The molecule has 5 unspecified atom stereocenters. The number of hydrogen-bond donors (Lipinski definition) is 1. The average Bonchev–Trinajstić information content (AvgIpc) is 2.60. The molecule has 0 spiro atoms. The highest BCUT2D eigenvalue weighted by molar-refractivity contribution is 5.91. The molecule has 1 aliphatic heterocycles. The van der Waals surface area contributed by atoms with Crippen LogP contribution in [0.25, 0.3) is 0 Å². The van der Waals surface area contributed by atoms with Gasteiger partial charge in [0.25, 0.3) is 0 Å². The van der Waals surface area contributed by atoms with E-state index >= 15 is 0 Å². The van der Waals surface area contributed by atoms with E-state index in [0.717, 1.165) is 24.0 Å². The molecule has 0 aromatic rings. The van der Waals surface area contributed by atoms with Crippen molar-refractivity contribution in [1.29, 1.82) is 0 Å². The topological polar surface area (TPSA) is 46.5 Å². The minimum atomic E-state index is -0.511. The lowest BCUT2D eigenvalue weighted by Crippen LogP contribution is -2.53. The highest BCUT2D eigenvalue weighted by Gasteiger charge is 2.55. The second-order valence-corrected chi connectivity index (χ2v) is 6.59. The molecule has 2 aliphatic carbocycles. The first-order chi connectivity index (χ1) is 8.45. The fourth-order valence-corrected chi connectivity index (χ4v) is 4.28. The Morgan fingerprint density at radius 1 is 1.39 bits per heavy atom. The van der Waals surface area contributed by atoms with Crippen molar-refractivity contribution in [3.63, 3.8) is 0 Å². The van der Waals surface area contributed by atoms with Crippen LogP contribution in [0.4, 0.5) is 0 Å². The van der Waals surface area contributed by atoms with E-state index in [1.165, 1.54) is 12.8 Å². The van der Waals surface area contributed by atoms with Gasteiger partial charge in [-0.15, -0.1) is 0 Å². The fraction of sp³-hybridized carbons (Fsp3) is 0.800. The number of ether oxygens (including phenoxy) is 1. The Morgan fingerprint density at radius 3 is 2.83 bits per heavy atom. The maximum absolute atomic E-state index is 11.7. The Bertz CT molecular complexity index is 425. The monoisotopic (exact) mass is 250 g/mol. The van der Waals surface area contributed by atoms with Crippen molar-refractivity contribution in [3.8, 4) is 0 Å². The van der Waals surface area contributed by atoms with Crippen LogP contribution in [0.3, 0.4) is 0 Å². The Balaban J connectivity index is 2.02. The molecule has 3 heteroatoms. The van der Waals surface area contributed by atoms with E-state index in [1.54, 1.807) is 0 Å². The van der Waals surface area contributed by atoms with Gasteiger partial charge in [-0.3, -0.25) is 0 Å². The molecule has 0 saturated heterocycles. The SMILES string of the molecule is CC1=C2CC3(C)C(C)CCCC3C(O)C2OC1=O. The van der Waals surface area contributed by atoms with Gasteiger partial charge in [0, 0.05) is 5.57 Å². The van der Waals surface area contributed by atoms with Gasteiger partial charge in [-0.1, -0.05) is 26.7 Å². The minimum Gasteiger partial charge on any atom is -0.452 e. The maximum atomic E-state index is 11.7. The van der Waals surface area contributed by atoms with E-state index in [-0.39, 0.29) is 23.4 Å². The van der Waals surface area contributed by atoms with Crippen LogP contribution in [0.15, 0.2) is 11.1 Å². The van der Waals surface area contributed by atoms with E-state index in [2.05, 4.69) is 13.8 Å². The molecule has 0 radical (unpaired) electrons. The van der Waals surface area contributed by atoms with Gasteiger partial charge in [0.05, 0.1) is 6.10 Å². The third-order valence-electron chi connectivity index (χ3n) is 5.78. The molecule has 0 bridgehead atoms. The van der Waals surface area contributed by atoms with Gasteiger partial charge in [-0.25, -0.2) is 4.79 Å². The number of aliphatic hydroxyl groups is 1. The van der Waals surface area contributed by atoms with Gasteiger partial charge in [-0.05, 0) is 42.6 Å². The Morgan fingerprint density at radius 2 is 2.11 bits per heavy atom. The zero-order valence-electron chi connectivity index (χ0n) is 11.4. The van der Waals surface area contributed by atoms with Crippen molar-refractivity contribution in [2.24, 2.45) is 17.3 Å². The number of carbonyl (C=O) groups is 1. The van der Waals surface area contributed by atoms with Gasteiger partial charge in [0.2, 0.25) is 0 Å². The molecule has 5 atom stereocenters. The number of rotatable bonds is 0. The summed E-state index contributed by atoms with van der Waals surface area (Å²) in [4.78, 5) is 11.7. The van der Waals surface area contributed by atoms with Gasteiger partial charge in [0.15, 0.2) is 6.10 Å². The molecular weight excluding hydrogens is 228 g/mol. The molecule has 100 valence electrons. The summed E-state index contributed by atoms with van der Waals surface area (Å²) in [5.41, 5.74) is 1.91. The highest BCUT2D eigenvalue weighted by atomic mass is 16.6. The van der Waals surface area contributed by atoms with Crippen LogP contribution < -0.4 is 0 Å². The third-order valence-corrected chi connectivity index (χ3v) is 5.78. The molecule has 3 nitrogen and oxygen atoms in total. The zero-order valence-corrected chi connectivity index (χ0v) is 11.4. The Labute approximate surface area is 108 Å². The van der Waals surface area contributed by atoms with Crippen molar-refractivity contribution in [2.45, 2.75) is 58.7 Å². The number of esters is 1. The predicted molar refractivity (Wildman–Crippen MR) is 67.8 cm³/mol. The highest BCUT2D eigenvalue weighted by Crippen LogP contribution is 2.56. The lowest BCUT2D eigenvalue weighted by atomic mass is 9.53. The molecule has 0 amide bonds. The largest absolute Gasteiger partial charge is 0.452 e. The quantitative estimate of drug-likeness (QED) is 0.672. The average molecular weight is 250 g/mol. The third kappa shape index (κ3) is 1.43. The van der Waals surface area contributed by atoms with E-state index in [1.807, 2.05) is 6.92 Å². The van der Waals surface area contributed by atoms with E-state index < -0.39 is 6.10 Å². The molecule has 2 fully saturated rings. The van der Waals surface area contributed by atoms with Crippen molar-refractivity contribution in [3.05, 3.63) is 11.1 Å². The van der Waals surface area contributed by atoms with Crippen LogP contribution in [0.5, 0.6) is 0 Å².